The summed E-state index contributed by atoms with van der Waals surface area (Å²) in [5.41, 5.74) is 0.904. The fourth-order valence-corrected chi connectivity index (χ4v) is 3.04. The summed E-state index contributed by atoms with van der Waals surface area (Å²) in [5, 5.41) is 2.96. The number of halogens is 1. The smallest absolute Gasteiger partial charge is 0.264 e. The van der Waals surface area contributed by atoms with E-state index in [1.54, 1.807) is 56.7 Å². The molecule has 1 fully saturated rings. The van der Waals surface area contributed by atoms with Gasteiger partial charge in [0.15, 0.2) is 5.17 Å². The minimum atomic E-state index is -0.445. The zero-order chi connectivity index (χ0) is 17.8. The molecule has 0 saturated carbocycles. The van der Waals surface area contributed by atoms with Crippen LogP contribution in [0.1, 0.15) is 5.56 Å². The molecule has 25 heavy (non-hydrogen) atoms. The molecule has 0 radical (unpaired) electrons. The van der Waals surface area contributed by atoms with Crippen LogP contribution in [0.4, 0.5) is 10.1 Å². The monoisotopic (exact) mass is 358 g/mol. The van der Waals surface area contributed by atoms with Crippen molar-refractivity contribution in [2.24, 2.45) is 4.99 Å². The molecule has 0 atom stereocenters. The average Bonchev–Trinajstić information content (AvgIpc) is 2.96. The third kappa shape index (κ3) is 3.83. The number of thioether (sulfide) groups is 1. The van der Waals surface area contributed by atoms with E-state index in [-0.39, 0.29) is 11.6 Å². The topological polar surface area (TPSA) is 59.9 Å². The molecule has 1 heterocycles. The van der Waals surface area contributed by atoms with Crippen molar-refractivity contribution in [3.05, 3.63) is 58.8 Å². The van der Waals surface area contributed by atoms with Gasteiger partial charge in [-0.25, -0.2) is 9.38 Å². The summed E-state index contributed by atoms with van der Waals surface area (Å²) in [6, 6.07) is 11.4. The Kier molecular flexibility index (Phi) is 5.04. The third-order valence-electron chi connectivity index (χ3n) is 3.45. The summed E-state index contributed by atoms with van der Waals surface area (Å²) in [6.45, 7) is 0. The van der Waals surface area contributed by atoms with Crippen molar-refractivity contribution in [3.8, 4) is 11.5 Å². The third-order valence-corrected chi connectivity index (χ3v) is 4.36. The summed E-state index contributed by atoms with van der Waals surface area (Å²) >= 11 is 1.14. The molecule has 2 aromatic carbocycles. The van der Waals surface area contributed by atoms with Gasteiger partial charge in [-0.05, 0) is 42.1 Å². The Balaban J connectivity index is 1.88. The highest BCUT2D eigenvalue weighted by molar-refractivity contribution is 8.18. The number of ether oxygens (including phenoxy) is 2. The van der Waals surface area contributed by atoms with E-state index >= 15 is 0 Å². The predicted octanol–water partition coefficient (Wildman–Crippen LogP) is 3.73. The molecule has 2 aromatic rings. The molecule has 128 valence electrons. The minimum absolute atomic E-state index is 0.175. The van der Waals surface area contributed by atoms with Gasteiger partial charge in [0.1, 0.15) is 23.0 Å². The minimum Gasteiger partial charge on any atom is -0.497 e. The lowest BCUT2D eigenvalue weighted by Gasteiger charge is -2.07. The summed E-state index contributed by atoms with van der Waals surface area (Å²) < 4.78 is 24.2. The first-order valence-electron chi connectivity index (χ1n) is 7.37. The van der Waals surface area contributed by atoms with Gasteiger partial charge in [0, 0.05) is 11.6 Å². The SMILES string of the molecule is COc1ccc(/C=C2\SC(=Nc3ccccc3F)NC2=O)c(OC)c1. The first-order valence-corrected chi connectivity index (χ1v) is 8.18. The zero-order valence-corrected chi connectivity index (χ0v) is 14.4. The maximum absolute atomic E-state index is 13.7. The van der Waals surface area contributed by atoms with Gasteiger partial charge in [0.05, 0.1) is 19.1 Å². The molecular weight excluding hydrogens is 343 g/mol. The lowest BCUT2D eigenvalue weighted by Crippen LogP contribution is -2.19. The van der Waals surface area contributed by atoms with Crippen molar-refractivity contribution < 1.29 is 18.7 Å². The second-order valence-electron chi connectivity index (χ2n) is 5.04. The molecule has 1 aliphatic heterocycles. The van der Waals surface area contributed by atoms with E-state index in [1.165, 1.54) is 6.07 Å². The Bertz CT molecular complexity index is 880. The lowest BCUT2D eigenvalue weighted by atomic mass is 10.1. The van der Waals surface area contributed by atoms with Crippen molar-refractivity contribution in [3.63, 3.8) is 0 Å². The normalized spacial score (nSPS) is 17.0. The van der Waals surface area contributed by atoms with E-state index < -0.39 is 5.82 Å². The van der Waals surface area contributed by atoms with Crippen LogP contribution in [-0.2, 0) is 4.79 Å². The molecule has 3 rings (SSSR count). The van der Waals surface area contributed by atoms with Crippen LogP contribution < -0.4 is 14.8 Å². The Morgan fingerprint density at radius 2 is 1.96 bits per heavy atom. The highest BCUT2D eigenvalue weighted by Gasteiger charge is 2.24. The van der Waals surface area contributed by atoms with E-state index in [4.69, 9.17) is 9.47 Å². The van der Waals surface area contributed by atoms with Crippen molar-refractivity contribution in [2.45, 2.75) is 0 Å². The molecule has 0 spiro atoms. The van der Waals surface area contributed by atoms with Crippen LogP contribution in [0.3, 0.4) is 0 Å². The van der Waals surface area contributed by atoms with E-state index in [0.29, 0.717) is 21.6 Å². The van der Waals surface area contributed by atoms with Crippen LogP contribution >= 0.6 is 11.8 Å². The molecule has 0 unspecified atom stereocenters. The van der Waals surface area contributed by atoms with Gasteiger partial charge in [0.2, 0.25) is 0 Å². The second-order valence-corrected chi connectivity index (χ2v) is 6.07. The Hall–Kier alpha value is -2.80. The molecule has 1 aliphatic rings. The van der Waals surface area contributed by atoms with Crippen LogP contribution in [0.15, 0.2) is 52.4 Å². The van der Waals surface area contributed by atoms with Crippen molar-refractivity contribution in [2.75, 3.05) is 14.2 Å². The Morgan fingerprint density at radius 1 is 1.16 bits per heavy atom. The largest absolute Gasteiger partial charge is 0.497 e. The van der Waals surface area contributed by atoms with Crippen molar-refractivity contribution >= 4 is 34.6 Å². The fourth-order valence-electron chi connectivity index (χ4n) is 2.21. The molecule has 0 aromatic heterocycles. The maximum atomic E-state index is 13.7. The zero-order valence-electron chi connectivity index (χ0n) is 13.6. The predicted molar refractivity (Wildman–Crippen MR) is 96.8 cm³/mol. The number of nitrogens with one attached hydrogen (secondary N) is 1. The van der Waals surface area contributed by atoms with Gasteiger partial charge < -0.3 is 14.8 Å². The quantitative estimate of drug-likeness (QED) is 0.846. The summed E-state index contributed by atoms with van der Waals surface area (Å²) in [5.74, 6) is 0.501. The molecule has 1 amide bonds. The van der Waals surface area contributed by atoms with Crippen LogP contribution in [-0.4, -0.2) is 25.3 Å². The highest BCUT2D eigenvalue weighted by Crippen LogP contribution is 2.32. The van der Waals surface area contributed by atoms with E-state index in [9.17, 15) is 9.18 Å². The van der Waals surface area contributed by atoms with Gasteiger partial charge >= 0.3 is 0 Å². The van der Waals surface area contributed by atoms with Gasteiger partial charge in [-0.15, -0.1) is 0 Å². The number of benzene rings is 2. The van der Waals surface area contributed by atoms with E-state index in [2.05, 4.69) is 10.3 Å². The van der Waals surface area contributed by atoms with Crippen molar-refractivity contribution in [1.29, 1.82) is 0 Å². The Labute approximate surface area is 148 Å². The standard InChI is InChI=1S/C18H15FN2O3S/c1-23-12-8-7-11(15(10-12)24-2)9-16-17(22)21-18(25-16)20-14-6-4-3-5-13(14)19/h3-10H,1-2H3,(H,20,21,22)/b16-9-. The first-order chi connectivity index (χ1) is 12.1. The van der Waals surface area contributed by atoms with Crippen LogP contribution in [0.2, 0.25) is 0 Å². The molecule has 1 N–H and O–H groups in total. The number of nitrogens with zero attached hydrogens (tertiary/aromatic N) is 1. The maximum Gasteiger partial charge on any atom is 0.264 e. The molecule has 1 saturated heterocycles. The number of hydrogen-bond donors (Lipinski definition) is 1. The highest BCUT2D eigenvalue weighted by atomic mass is 32.2. The molecule has 0 bridgehead atoms. The first kappa shape index (κ1) is 17.0. The summed E-state index contributed by atoms with van der Waals surface area (Å²) in [6.07, 6.45) is 1.70. The van der Waals surface area contributed by atoms with Gasteiger partial charge in [-0.3, -0.25) is 4.79 Å². The number of hydrogen-bond acceptors (Lipinski definition) is 5. The van der Waals surface area contributed by atoms with Crippen LogP contribution in [0.25, 0.3) is 6.08 Å². The Morgan fingerprint density at radius 3 is 2.68 bits per heavy atom. The number of para-hydroxylation sites is 1. The molecule has 0 aliphatic carbocycles. The van der Waals surface area contributed by atoms with Gasteiger partial charge in [-0.1, -0.05) is 12.1 Å². The number of carbonyl (C=O) groups excluding carboxylic acids is 1. The van der Waals surface area contributed by atoms with Crippen molar-refractivity contribution in [1.82, 2.24) is 5.32 Å². The molecule has 5 nitrogen and oxygen atoms in total. The van der Waals surface area contributed by atoms with Crippen LogP contribution in [0, 0.1) is 5.82 Å². The fraction of sp³-hybridized carbons (Fsp3) is 0.111. The molecular formula is C18H15FN2O3S. The lowest BCUT2D eigenvalue weighted by molar-refractivity contribution is -0.115. The van der Waals surface area contributed by atoms with Crippen LogP contribution in [0.5, 0.6) is 11.5 Å². The number of aliphatic imine (C=N–C) groups is 1. The summed E-state index contributed by atoms with van der Waals surface area (Å²) in [7, 11) is 3.11. The van der Waals surface area contributed by atoms with E-state index in [0.717, 1.165) is 17.3 Å². The number of rotatable bonds is 4. The van der Waals surface area contributed by atoms with Gasteiger partial charge in [-0.2, -0.15) is 0 Å². The average molecular weight is 358 g/mol. The van der Waals surface area contributed by atoms with E-state index in [1.807, 2.05) is 0 Å². The number of methoxy groups -OCH3 is 2. The molecule has 7 heteroatoms. The summed E-state index contributed by atoms with van der Waals surface area (Å²) in [4.78, 5) is 16.7. The number of carbonyl (C=O) groups is 1. The number of amides is 1. The number of amidine groups is 1. The second kappa shape index (κ2) is 7.40. The van der Waals surface area contributed by atoms with Gasteiger partial charge in [0.25, 0.3) is 5.91 Å².